The highest BCUT2D eigenvalue weighted by Gasteiger charge is 2.35. The minimum atomic E-state index is -0.276. The van der Waals surface area contributed by atoms with E-state index in [0.29, 0.717) is 0 Å². The van der Waals surface area contributed by atoms with Crippen LogP contribution in [0, 0.1) is 13.8 Å². The van der Waals surface area contributed by atoms with Crippen LogP contribution < -0.4 is 5.32 Å². The molecular formula is C12H14BrN5. The predicted molar refractivity (Wildman–Crippen MR) is 73.0 cm³/mol. The van der Waals surface area contributed by atoms with Crippen molar-refractivity contribution < 1.29 is 0 Å². The third-order valence-electron chi connectivity index (χ3n) is 3.28. The van der Waals surface area contributed by atoms with Crippen LogP contribution in [-0.4, -0.2) is 19.7 Å². The van der Waals surface area contributed by atoms with Crippen molar-refractivity contribution in [2.45, 2.75) is 33.2 Å². The molecule has 1 N–H and O–H groups in total. The van der Waals surface area contributed by atoms with E-state index in [1.807, 2.05) is 13.1 Å². The molecule has 0 aromatic carbocycles. The average molecular weight is 308 g/mol. The molecule has 0 amide bonds. The first-order chi connectivity index (χ1) is 8.42. The van der Waals surface area contributed by atoms with Crippen LogP contribution in [0.15, 0.2) is 10.7 Å². The molecule has 0 saturated carbocycles. The second-order valence-corrected chi connectivity index (χ2v) is 5.94. The molecule has 0 fully saturated rings. The summed E-state index contributed by atoms with van der Waals surface area (Å²) in [5.41, 5.74) is 1.88. The van der Waals surface area contributed by atoms with Gasteiger partial charge in [-0.3, -0.25) is 4.57 Å². The average Bonchev–Trinajstić information content (AvgIpc) is 2.67. The van der Waals surface area contributed by atoms with Gasteiger partial charge in [0.2, 0.25) is 0 Å². The summed E-state index contributed by atoms with van der Waals surface area (Å²) in [5.74, 6) is 2.66. The monoisotopic (exact) mass is 307 g/mol. The fraction of sp³-hybridized carbons (Fsp3) is 0.417. The van der Waals surface area contributed by atoms with Crippen LogP contribution in [0.2, 0.25) is 0 Å². The van der Waals surface area contributed by atoms with Crippen LogP contribution >= 0.6 is 15.9 Å². The Bertz CT molecular complexity index is 644. The maximum Gasteiger partial charge on any atom is 0.162 e. The summed E-state index contributed by atoms with van der Waals surface area (Å²) in [6.07, 6.45) is 1.82. The standard InChI is InChI=1S/C12H14BrN5/c1-6-8(13)5-14-10-9(6)18-7(2)16-17-11(18)12(3,4)15-10/h5H,1-4H3,(H,14,15). The molecule has 1 aliphatic heterocycles. The van der Waals surface area contributed by atoms with Gasteiger partial charge in [0.15, 0.2) is 11.6 Å². The van der Waals surface area contributed by atoms with Crippen molar-refractivity contribution in [1.82, 2.24) is 19.7 Å². The molecule has 0 atom stereocenters. The molecule has 2 aromatic heterocycles. The van der Waals surface area contributed by atoms with Gasteiger partial charge in [0.25, 0.3) is 0 Å². The quantitative estimate of drug-likeness (QED) is 0.813. The number of halogens is 1. The van der Waals surface area contributed by atoms with Crippen LogP contribution in [0.5, 0.6) is 0 Å². The second kappa shape index (κ2) is 3.54. The van der Waals surface area contributed by atoms with Crippen LogP contribution in [-0.2, 0) is 5.54 Å². The molecular weight excluding hydrogens is 294 g/mol. The Labute approximate surface area is 114 Å². The molecule has 0 bridgehead atoms. The molecule has 3 heterocycles. The third kappa shape index (κ3) is 1.41. The first kappa shape index (κ1) is 11.6. The fourth-order valence-electron chi connectivity index (χ4n) is 2.32. The number of nitrogens with zero attached hydrogens (tertiary/aromatic N) is 4. The Morgan fingerprint density at radius 2 is 2.00 bits per heavy atom. The van der Waals surface area contributed by atoms with E-state index in [2.05, 4.69) is 61.8 Å². The van der Waals surface area contributed by atoms with E-state index in [1.165, 1.54) is 0 Å². The highest BCUT2D eigenvalue weighted by molar-refractivity contribution is 9.10. The number of pyridine rings is 1. The zero-order chi connectivity index (χ0) is 13.1. The Morgan fingerprint density at radius 1 is 1.28 bits per heavy atom. The topological polar surface area (TPSA) is 55.6 Å². The molecule has 18 heavy (non-hydrogen) atoms. The lowest BCUT2D eigenvalue weighted by atomic mass is 10.0. The highest BCUT2D eigenvalue weighted by Crippen LogP contribution is 2.38. The number of hydrogen-bond donors (Lipinski definition) is 1. The van der Waals surface area contributed by atoms with E-state index in [0.717, 1.165) is 33.2 Å². The maximum atomic E-state index is 4.46. The summed E-state index contributed by atoms with van der Waals surface area (Å²) in [6, 6.07) is 0. The molecule has 0 spiro atoms. The summed E-state index contributed by atoms with van der Waals surface area (Å²) < 4.78 is 3.07. The van der Waals surface area contributed by atoms with Gasteiger partial charge in [-0.15, -0.1) is 10.2 Å². The molecule has 6 heteroatoms. The van der Waals surface area contributed by atoms with Crippen molar-refractivity contribution in [1.29, 1.82) is 0 Å². The number of fused-ring (bicyclic) bond motifs is 3. The molecule has 1 aliphatic rings. The second-order valence-electron chi connectivity index (χ2n) is 5.08. The van der Waals surface area contributed by atoms with Crippen molar-refractivity contribution in [3.63, 3.8) is 0 Å². The van der Waals surface area contributed by atoms with Crippen LogP contribution in [0.3, 0.4) is 0 Å². The zero-order valence-electron chi connectivity index (χ0n) is 10.7. The Balaban J connectivity index is 2.40. The van der Waals surface area contributed by atoms with Gasteiger partial charge in [-0.25, -0.2) is 4.98 Å². The maximum absolute atomic E-state index is 4.46. The predicted octanol–water partition coefficient (Wildman–Crippen LogP) is 2.70. The first-order valence-electron chi connectivity index (χ1n) is 5.78. The summed E-state index contributed by atoms with van der Waals surface area (Å²) in [6.45, 7) is 8.18. The normalized spacial score (nSPS) is 15.8. The van der Waals surface area contributed by atoms with Gasteiger partial charge in [0.05, 0.1) is 11.2 Å². The van der Waals surface area contributed by atoms with Crippen LogP contribution in [0.1, 0.15) is 31.1 Å². The number of aryl methyl sites for hydroxylation is 1. The van der Waals surface area contributed by atoms with Gasteiger partial charge in [-0.1, -0.05) is 0 Å². The van der Waals surface area contributed by atoms with Crippen LogP contribution in [0.4, 0.5) is 5.82 Å². The summed E-state index contributed by atoms with van der Waals surface area (Å²) >= 11 is 3.52. The Hall–Kier alpha value is -1.43. The highest BCUT2D eigenvalue weighted by atomic mass is 79.9. The molecule has 0 radical (unpaired) electrons. The third-order valence-corrected chi connectivity index (χ3v) is 4.08. The number of rotatable bonds is 0. The van der Waals surface area contributed by atoms with Gasteiger partial charge in [0, 0.05) is 10.7 Å². The van der Waals surface area contributed by atoms with Gasteiger partial charge in [0.1, 0.15) is 5.82 Å². The summed E-state index contributed by atoms with van der Waals surface area (Å²) in [7, 11) is 0. The van der Waals surface area contributed by atoms with E-state index in [1.54, 1.807) is 0 Å². The number of nitrogens with one attached hydrogen (secondary N) is 1. The molecule has 3 rings (SSSR count). The van der Waals surface area contributed by atoms with E-state index in [-0.39, 0.29) is 5.54 Å². The van der Waals surface area contributed by atoms with Gasteiger partial charge >= 0.3 is 0 Å². The van der Waals surface area contributed by atoms with Crippen molar-refractivity contribution >= 4 is 21.7 Å². The van der Waals surface area contributed by atoms with E-state index in [4.69, 9.17) is 0 Å². The molecule has 5 nitrogen and oxygen atoms in total. The largest absolute Gasteiger partial charge is 0.356 e. The molecule has 94 valence electrons. The molecule has 2 aromatic rings. The number of aromatic nitrogens is 4. The first-order valence-corrected chi connectivity index (χ1v) is 6.57. The van der Waals surface area contributed by atoms with Gasteiger partial charge in [-0.2, -0.15) is 0 Å². The van der Waals surface area contributed by atoms with E-state index in [9.17, 15) is 0 Å². The van der Waals surface area contributed by atoms with Gasteiger partial charge < -0.3 is 5.32 Å². The lowest BCUT2D eigenvalue weighted by molar-refractivity contribution is 0.530. The Morgan fingerprint density at radius 3 is 2.72 bits per heavy atom. The molecule has 0 saturated heterocycles. The minimum absolute atomic E-state index is 0.276. The molecule has 0 unspecified atom stereocenters. The zero-order valence-corrected chi connectivity index (χ0v) is 12.3. The van der Waals surface area contributed by atoms with Crippen molar-refractivity contribution in [2.24, 2.45) is 0 Å². The summed E-state index contributed by atoms with van der Waals surface area (Å²) in [4.78, 5) is 4.46. The van der Waals surface area contributed by atoms with Crippen LogP contribution in [0.25, 0.3) is 5.69 Å². The number of anilines is 1. The summed E-state index contributed by atoms with van der Waals surface area (Å²) in [5, 5.41) is 11.9. The Kier molecular flexibility index (Phi) is 2.29. The smallest absolute Gasteiger partial charge is 0.162 e. The fourth-order valence-corrected chi connectivity index (χ4v) is 2.61. The number of hydrogen-bond acceptors (Lipinski definition) is 4. The van der Waals surface area contributed by atoms with E-state index < -0.39 is 0 Å². The van der Waals surface area contributed by atoms with Crippen molar-refractivity contribution in [3.8, 4) is 5.69 Å². The van der Waals surface area contributed by atoms with E-state index >= 15 is 0 Å². The SMILES string of the molecule is Cc1c(Br)cnc2c1-n1c(C)nnc1C(C)(C)N2. The van der Waals surface area contributed by atoms with Crippen molar-refractivity contribution in [3.05, 3.63) is 27.9 Å². The van der Waals surface area contributed by atoms with Gasteiger partial charge in [-0.05, 0) is 49.2 Å². The molecule has 0 aliphatic carbocycles. The lowest BCUT2D eigenvalue weighted by Crippen LogP contribution is -2.36. The minimum Gasteiger partial charge on any atom is -0.356 e. The lowest BCUT2D eigenvalue weighted by Gasteiger charge is -2.33. The van der Waals surface area contributed by atoms with Crippen molar-refractivity contribution in [2.75, 3.05) is 5.32 Å².